The van der Waals surface area contributed by atoms with Gasteiger partial charge in [0.15, 0.2) is 6.54 Å². The molecule has 0 aliphatic carbocycles. The molecule has 1 amide bonds. The van der Waals surface area contributed by atoms with Gasteiger partial charge in [-0.2, -0.15) is 0 Å². The van der Waals surface area contributed by atoms with E-state index in [0.717, 1.165) is 42.0 Å². The fraction of sp³-hybridized carbons (Fsp3) is 0.381. The van der Waals surface area contributed by atoms with Crippen LogP contribution in [0.15, 0.2) is 48.5 Å². The predicted molar refractivity (Wildman–Crippen MR) is 101 cm³/mol. The molecule has 0 saturated carbocycles. The van der Waals surface area contributed by atoms with Crippen molar-refractivity contribution < 1.29 is 19.2 Å². The Hall–Kier alpha value is -2.53. The Kier molecular flexibility index (Phi) is 6.12. The van der Waals surface area contributed by atoms with Crippen molar-refractivity contribution in [2.75, 3.05) is 27.3 Å². The summed E-state index contributed by atoms with van der Waals surface area (Å²) in [5.41, 5.74) is 2.23. The zero-order valence-electron chi connectivity index (χ0n) is 15.5. The molecule has 2 aromatic rings. The minimum absolute atomic E-state index is 0.0811. The number of hydrogen-bond donors (Lipinski definition) is 2. The third-order valence-corrected chi connectivity index (χ3v) is 5.02. The molecule has 5 nitrogen and oxygen atoms in total. The van der Waals surface area contributed by atoms with E-state index < -0.39 is 0 Å². The van der Waals surface area contributed by atoms with Gasteiger partial charge in [-0.05, 0) is 23.8 Å². The summed E-state index contributed by atoms with van der Waals surface area (Å²) in [6.07, 6.45) is 2.15. The second-order valence-electron chi connectivity index (χ2n) is 6.65. The van der Waals surface area contributed by atoms with E-state index >= 15 is 0 Å². The molecule has 26 heavy (non-hydrogen) atoms. The van der Waals surface area contributed by atoms with Crippen LogP contribution in [0.2, 0.25) is 0 Å². The fourth-order valence-corrected chi connectivity index (χ4v) is 3.68. The van der Waals surface area contributed by atoms with Gasteiger partial charge in [0.1, 0.15) is 17.5 Å². The number of rotatable bonds is 7. The minimum Gasteiger partial charge on any atom is -0.497 e. The van der Waals surface area contributed by atoms with Crippen LogP contribution in [0.4, 0.5) is 0 Å². The molecule has 5 heteroatoms. The van der Waals surface area contributed by atoms with Crippen molar-refractivity contribution in [3.8, 4) is 11.5 Å². The zero-order valence-corrected chi connectivity index (χ0v) is 15.5. The summed E-state index contributed by atoms with van der Waals surface area (Å²) in [7, 11) is 3.36. The monoisotopic (exact) mass is 355 g/mol. The lowest BCUT2D eigenvalue weighted by molar-refractivity contribution is -0.910. The van der Waals surface area contributed by atoms with E-state index in [-0.39, 0.29) is 11.9 Å². The summed E-state index contributed by atoms with van der Waals surface area (Å²) in [4.78, 5) is 13.7. The van der Waals surface area contributed by atoms with Gasteiger partial charge in [0.05, 0.1) is 26.3 Å². The van der Waals surface area contributed by atoms with E-state index in [1.54, 1.807) is 14.2 Å². The number of carbonyl (C=O) groups excluding carboxylic acids is 1. The maximum Gasteiger partial charge on any atom is 0.275 e. The molecule has 1 aliphatic rings. The van der Waals surface area contributed by atoms with Crippen molar-refractivity contribution in [3.05, 3.63) is 59.7 Å². The van der Waals surface area contributed by atoms with E-state index in [2.05, 4.69) is 5.32 Å². The average molecular weight is 355 g/mol. The van der Waals surface area contributed by atoms with Crippen LogP contribution < -0.4 is 19.7 Å². The number of hydrogen-bond acceptors (Lipinski definition) is 3. The number of benzene rings is 2. The second-order valence-corrected chi connectivity index (χ2v) is 6.65. The first-order chi connectivity index (χ1) is 12.7. The Morgan fingerprint density at radius 3 is 2.69 bits per heavy atom. The first kappa shape index (κ1) is 18.3. The molecule has 1 aliphatic heterocycles. The smallest absolute Gasteiger partial charge is 0.275 e. The highest BCUT2D eigenvalue weighted by molar-refractivity contribution is 5.76. The van der Waals surface area contributed by atoms with Gasteiger partial charge in [-0.1, -0.05) is 30.3 Å². The second kappa shape index (κ2) is 8.72. The van der Waals surface area contributed by atoms with Crippen LogP contribution in [0.3, 0.4) is 0 Å². The van der Waals surface area contributed by atoms with Crippen LogP contribution in [0.25, 0.3) is 0 Å². The van der Waals surface area contributed by atoms with Crippen molar-refractivity contribution in [1.82, 2.24) is 5.32 Å². The van der Waals surface area contributed by atoms with Crippen LogP contribution in [0.1, 0.15) is 30.0 Å². The number of amides is 1. The molecule has 0 radical (unpaired) electrons. The van der Waals surface area contributed by atoms with Crippen LogP contribution in [-0.4, -0.2) is 33.2 Å². The lowest BCUT2D eigenvalue weighted by atomic mass is 10.0. The number of methoxy groups -OCH3 is 2. The highest BCUT2D eigenvalue weighted by Crippen LogP contribution is 2.31. The lowest BCUT2D eigenvalue weighted by Crippen LogP contribution is -3.11. The number of ether oxygens (including phenoxy) is 2. The standard InChI is InChI=1S/C21H26N2O3/c1-25-17-10-11-20(26-2)18(13-17)19-9-6-12-23(19)15-21(24)22-14-16-7-4-3-5-8-16/h3-5,7-8,10-11,13,19H,6,9,12,14-15H2,1-2H3,(H,22,24)/p+1/t19-/m1/s1. The first-order valence-electron chi connectivity index (χ1n) is 9.08. The van der Waals surface area contributed by atoms with Crippen molar-refractivity contribution in [2.24, 2.45) is 0 Å². The molecule has 138 valence electrons. The third kappa shape index (κ3) is 4.35. The topological polar surface area (TPSA) is 52.0 Å². The first-order valence-corrected chi connectivity index (χ1v) is 9.08. The Bertz CT molecular complexity index is 733. The van der Waals surface area contributed by atoms with Crippen LogP contribution >= 0.6 is 0 Å². The van der Waals surface area contributed by atoms with Gasteiger partial charge >= 0.3 is 0 Å². The highest BCUT2D eigenvalue weighted by atomic mass is 16.5. The number of likely N-dealkylation sites (tertiary alicyclic amines) is 1. The maximum atomic E-state index is 12.4. The van der Waals surface area contributed by atoms with Crippen molar-refractivity contribution in [3.63, 3.8) is 0 Å². The molecule has 2 atom stereocenters. The summed E-state index contributed by atoms with van der Waals surface area (Å²) in [5, 5.41) is 3.03. The Morgan fingerprint density at radius 1 is 1.15 bits per heavy atom. The summed E-state index contributed by atoms with van der Waals surface area (Å²) < 4.78 is 10.9. The van der Waals surface area contributed by atoms with Gasteiger partial charge < -0.3 is 19.7 Å². The molecular weight excluding hydrogens is 328 g/mol. The van der Waals surface area contributed by atoms with Gasteiger partial charge in [0.25, 0.3) is 5.91 Å². The van der Waals surface area contributed by atoms with E-state index in [0.29, 0.717) is 13.1 Å². The number of carbonyl (C=O) groups is 1. The van der Waals surface area contributed by atoms with E-state index in [1.807, 2.05) is 48.5 Å². The molecule has 3 rings (SSSR count). The molecular formula is C21H27N2O3+. The van der Waals surface area contributed by atoms with Crippen LogP contribution in [0.5, 0.6) is 11.5 Å². The van der Waals surface area contributed by atoms with E-state index in [4.69, 9.17) is 9.47 Å². The van der Waals surface area contributed by atoms with E-state index in [9.17, 15) is 4.79 Å². The SMILES string of the molecule is COc1ccc(OC)c([C@H]2CCC[NH+]2CC(=O)NCc2ccccc2)c1. The lowest BCUT2D eigenvalue weighted by Gasteiger charge is -2.23. The summed E-state index contributed by atoms with van der Waals surface area (Å²) >= 11 is 0. The number of nitrogens with one attached hydrogen (secondary N) is 2. The zero-order chi connectivity index (χ0) is 18.4. The molecule has 2 aromatic carbocycles. The van der Waals surface area contributed by atoms with Gasteiger partial charge in [0, 0.05) is 19.4 Å². The van der Waals surface area contributed by atoms with Gasteiger partial charge in [-0.3, -0.25) is 4.79 Å². The maximum absolute atomic E-state index is 12.4. The van der Waals surface area contributed by atoms with Crippen molar-refractivity contribution >= 4 is 5.91 Å². The molecule has 0 spiro atoms. The van der Waals surface area contributed by atoms with Crippen LogP contribution in [-0.2, 0) is 11.3 Å². The van der Waals surface area contributed by atoms with Crippen molar-refractivity contribution in [2.45, 2.75) is 25.4 Å². The Balaban J connectivity index is 1.65. The summed E-state index contributed by atoms with van der Waals surface area (Å²) in [6.45, 7) is 2.03. The van der Waals surface area contributed by atoms with Gasteiger partial charge in [0.2, 0.25) is 0 Å². The average Bonchev–Trinajstić information content (AvgIpc) is 3.14. The molecule has 2 N–H and O–H groups in total. The third-order valence-electron chi connectivity index (χ3n) is 5.02. The minimum atomic E-state index is 0.0811. The molecule has 0 bridgehead atoms. The molecule has 1 heterocycles. The van der Waals surface area contributed by atoms with Crippen molar-refractivity contribution in [1.29, 1.82) is 0 Å². The summed E-state index contributed by atoms with van der Waals surface area (Å²) in [5.74, 6) is 1.76. The summed E-state index contributed by atoms with van der Waals surface area (Å²) in [6, 6.07) is 16.1. The van der Waals surface area contributed by atoms with Gasteiger partial charge in [-0.25, -0.2) is 0 Å². The Morgan fingerprint density at radius 2 is 1.96 bits per heavy atom. The molecule has 1 saturated heterocycles. The molecule has 1 unspecified atom stereocenters. The largest absolute Gasteiger partial charge is 0.497 e. The predicted octanol–water partition coefficient (Wildman–Crippen LogP) is 1.74. The molecule has 0 aromatic heterocycles. The van der Waals surface area contributed by atoms with Gasteiger partial charge in [-0.15, -0.1) is 0 Å². The quantitative estimate of drug-likeness (QED) is 0.795. The van der Waals surface area contributed by atoms with E-state index in [1.165, 1.54) is 4.90 Å². The highest BCUT2D eigenvalue weighted by Gasteiger charge is 2.33. The Labute approximate surface area is 154 Å². The number of quaternary nitrogens is 1. The van der Waals surface area contributed by atoms with Crippen LogP contribution in [0, 0.1) is 0 Å². The normalized spacial score (nSPS) is 19.2. The molecule has 1 fully saturated rings. The fourth-order valence-electron chi connectivity index (χ4n) is 3.68.